The topological polar surface area (TPSA) is 37.4 Å². The normalized spacial score (nSPS) is 46.5. The van der Waals surface area contributed by atoms with Crippen LogP contribution in [0.3, 0.4) is 0 Å². The molecule has 5 aliphatic carbocycles. The largest absolute Gasteiger partial charge is 0.282 e. The van der Waals surface area contributed by atoms with Crippen molar-refractivity contribution in [3.63, 3.8) is 0 Å². The minimum atomic E-state index is -0.0578. The molecule has 1 aliphatic heterocycles. The van der Waals surface area contributed by atoms with Crippen LogP contribution in [0.15, 0.2) is 11.6 Å². The van der Waals surface area contributed by atoms with Crippen molar-refractivity contribution in [3.05, 3.63) is 11.6 Å². The molecule has 0 N–H and O–H groups in total. The van der Waals surface area contributed by atoms with Gasteiger partial charge >= 0.3 is 0 Å². The molecule has 24 heavy (non-hydrogen) atoms. The first-order valence-corrected chi connectivity index (χ1v) is 10.0. The van der Waals surface area contributed by atoms with E-state index < -0.39 is 0 Å². The molecule has 6 rings (SSSR count). The van der Waals surface area contributed by atoms with Gasteiger partial charge in [0, 0.05) is 6.54 Å². The van der Waals surface area contributed by atoms with E-state index in [1.54, 1.807) is 4.90 Å². The molecule has 2 atom stereocenters. The molecule has 0 aromatic carbocycles. The van der Waals surface area contributed by atoms with E-state index in [4.69, 9.17) is 0 Å². The molecule has 2 amide bonds. The number of amides is 2. The lowest BCUT2D eigenvalue weighted by Gasteiger charge is -2.57. The van der Waals surface area contributed by atoms with E-state index in [9.17, 15) is 9.59 Å². The van der Waals surface area contributed by atoms with Crippen LogP contribution >= 0.6 is 0 Å². The van der Waals surface area contributed by atoms with Gasteiger partial charge in [-0.25, -0.2) is 0 Å². The first-order chi connectivity index (χ1) is 11.5. The van der Waals surface area contributed by atoms with Gasteiger partial charge in [-0.15, -0.1) is 0 Å². The Bertz CT molecular complexity index is 584. The molecule has 5 fully saturated rings. The Balaban J connectivity index is 1.29. The van der Waals surface area contributed by atoms with Crippen LogP contribution in [0, 0.1) is 35.0 Å². The second-order valence-electron chi connectivity index (χ2n) is 9.70. The zero-order valence-corrected chi connectivity index (χ0v) is 14.8. The van der Waals surface area contributed by atoms with Crippen molar-refractivity contribution in [1.29, 1.82) is 0 Å². The smallest absolute Gasteiger partial charge is 0.233 e. The van der Waals surface area contributed by atoms with Crippen LogP contribution in [-0.4, -0.2) is 23.3 Å². The number of nitrogens with zero attached hydrogens (tertiary/aromatic N) is 1. The van der Waals surface area contributed by atoms with E-state index in [0.717, 1.165) is 37.0 Å². The molecule has 6 aliphatic rings. The van der Waals surface area contributed by atoms with E-state index in [-0.39, 0.29) is 23.7 Å². The summed E-state index contributed by atoms with van der Waals surface area (Å²) in [5.74, 6) is 2.96. The molecule has 0 aromatic heterocycles. The lowest BCUT2D eigenvalue weighted by atomic mass is 9.49. The Morgan fingerprint density at radius 1 is 1.00 bits per heavy atom. The third kappa shape index (κ3) is 2.23. The fourth-order valence-electron chi connectivity index (χ4n) is 7.27. The number of fused-ring (bicyclic) bond motifs is 1. The van der Waals surface area contributed by atoms with Gasteiger partial charge in [-0.2, -0.15) is 0 Å². The quantitative estimate of drug-likeness (QED) is 0.582. The van der Waals surface area contributed by atoms with Crippen LogP contribution < -0.4 is 0 Å². The monoisotopic (exact) mass is 327 g/mol. The molecule has 130 valence electrons. The zero-order valence-electron chi connectivity index (χ0n) is 14.8. The summed E-state index contributed by atoms with van der Waals surface area (Å²) < 4.78 is 0. The summed E-state index contributed by atoms with van der Waals surface area (Å²) in [4.78, 5) is 27.2. The Kier molecular flexibility index (Phi) is 3.28. The Morgan fingerprint density at radius 2 is 1.58 bits per heavy atom. The molecule has 4 bridgehead atoms. The highest BCUT2D eigenvalue weighted by Gasteiger charge is 2.52. The van der Waals surface area contributed by atoms with Crippen molar-refractivity contribution >= 4 is 11.8 Å². The van der Waals surface area contributed by atoms with E-state index in [2.05, 4.69) is 13.0 Å². The van der Waals surface area contributed by atoms with Crippen molar-refractivity contribution in [2.45, 2.75) is 64.7 Å². The van der Waals surface area contributed by atoms with Gasteiger partial charge in [-0.1, -0.05) is 11.6 Å². The number of rotatable bonds is 3. The van der Waals surface area contributed by atoms with Gasteiger partial charge in [-0.3, -0.25) is 14.5 Å². The maximum Gasteiger partial charge on any atom is 0.233 e. The van der Waals surface area contributed by atoms with E-state index in [1.807, 2.05) is 0 Å². The van der Waals surface area contributed by atoms with Gasteiger partial charge < -0.3 is 0 Å². The molecule has 0 radical (unpaired) electrons. The number of imide groups is 1. The summed E-state index contributed by atoms with van der Waals surface area (Å²) in [7, 11) is 0. The lowest BCUT2D eigenvalue weighted by Crippen LogP contribution is -2.47. The van der Waals surface area contributed by atoms with Crippen molar-refractivity contribution < 1.29 is 9.59 Å². The molecule has 3 heteroatoms. The number of hydrogen-bond acceptors (Lipinski definition) is 2. The Labute approximate surface area is 144 Å². The van der Waals surface area contributed by atoms with Crippen molar-refractivity contribution in [1.82, 2.24) is 4.90 Å². The van der Waals surface area contributed by atoms with Gasteiger partial charge in [0.1, 0.15) is 0 Å². The number of hydrogen-bond donors (Lipinski definition) is 0. The van der Waals surface area contributed by atoms with Crippen LogP contribution in [0.5, 0.6) is 0 Å². The molecule has 3 nitrogen and oxygen atoms in total. The SMILES string of the molecule is CC1=CC[C@H]2C(=O)N(CCC34CC5CC(CC(C5)C3)C4)C(=O)[C@@H]2C1. The molecular formula is C21H29NO2. The van der Waals surface area contributed by atoms with Crippen molar-refractivity contribution in [3.8, 4) is 0 Å². The summed E-state index contributed by atoms with van der Waals surface area (Å²) in [6.07, 6.45) is 13.3. The highest BCUT2D eigenvalue weighted by molar-refractivity contribution is 6.05. The predicted molar refractivity (Wildman–Crippen MR) is 91.9 cm³/mol. The number of likely N-dealkylation sites (tertiary alicyclic amines) is 1. The van der Waals surface area contributed by atoms with E-state index >= 15 is 0 Å². The maximum absolute atomic E-state index is 12.8. The summed E-state index contributed by atoms with van der Waals surface area (Å²) in [5, 5.41) is 0. The summed E-state index contributed by atoms with van der Waals surface area (Å²) >= 11 is 0. The van der Waals surface area contributed by atoms with Crippen molar-refractivity contribution in [2.24, 2.45) is 35.0 Å². The molecule has 1 saturated heterocycles. The summed E-state index contributed by atoms with van der Waals surface area (Å²) in [6.45, 7) is 2.78. The molecule has 4 saturated carbocycles. The van der Waals surface area contributed by atoms with Gasteiger partial charge in [0.05, 0.1) is 11.8 Å². The number of allylic oxidation sites excluding steroid dienone is 2. The highest BCUT2D eigenvalue weighted by atomic mass is 16.2. The third-order valence-corrected chi connectivity index (χ3v) is 7.95. The summed E-state index contributed by atoms with van der Waals surface area (Å²) in [6, 6.07) is 0. The average molecular weight is 327 g/mol. The van der Waals surface area contributed by atoms with Crippen LogP contribution in [-0.2, 0) is 9.59 Å². The van der Waals surface area contributed by atoms with Crippen LogP contribution in [0.1, 0.15) is 64.7 Å². The molecule has 1 heterocycles. The number of carbonyl (C=O) groups is 2. The minimum Gasteiger partial charge on any atom is -0.282 e. The van der Waals surface area contributed by atoms with Crippen LogP contribution in [0.25, 0.3) is 0 Å². The second kappa shape index (κ2) is 5.19. The first kappa shape index (κ1) is 15.2. The van der Waals surface area contributed by atoms with Gasteiger partial charge in [-0.05, 0) is 87.9 Å². The van der Waals surface area contributed by atoms with Gasteiger partial charge in [0.25, 0.3) is 0 Å². The molecule has 0 aromatic rings. The van der Waals surface area contributed by atoms with Gasteiger partial charge in [0.15, 0.2) is 0 Å². The summed E-state index contributed by atoms with van der Waals surface area (Å²) in [5.41, 5.74) is 1.73. The standard InChI is InChI=1S/C21H29NO2/c1-13-2-3-17-18(6-13)20(24)22(19(17)23)5-4-21-10-14-7-15(11-21)9-16(8-14)12-21/h2,14-18H,3-12H2,1H3/t14?,15?,16?,17-,18-,21?/m1/s1. The second-order valence-corrected chi connectivity index (χ2v) is 9.70. The third-order valence-electron chi connectivity index (χ3n) is 7.95. The highest BCUT2D eigenvalue weighted by Crippen LogP contribution is 2.61. The molecule has 0 unspecified atom stereocenters. The van der Waals surface area contributed by atoms with Crippen molar-refractivity contribution in [2.75, 3.05) is 6.54 Å². The fourth-order valence-corrected chi connectivity index (χ4v) is 7.27. The predicted octanol–water partition coefficient (Wildman–Crippen LogP) is 3.93. The van der Waals surface area contributed by atoms with E-state index in [0.29, 0.717) is 12.0 Å². The first-order valence-electron chi connectivity index (χ1n) is 10.0. The zero-order chi connectivity index (χ0) is 16.5. The fraction of sp³-hybridized carbons (Fsp3) is 0.810. The van der Waals surface area contributed by atoms with Crippen LogP contribution in [0.2, 0.25) is 0 Å². The van der Waals surface area contributed by atoms with E-state index in [1.165, 1.54) is 44.1 Å². The average Bonchev–Trinajstić information content (AvgIpc) is 2.75. The van der Waals surface area contributed by atoms with Gasteiger partial charge in [0.2, 0.25) is 11.8 Å². The molecule has 0 spiro atoms. The maximum atomic E-state index is 12.8. The Hall–Kier alpha value is -1.12. The van der Waals surface area contributed by atoms with Crippen LogP contribution in [0.4, 0.5) is 0 Å². The molecular weight excluding hydrogens is 298 g/mol. The lowest BCUT2D eigenvalue weighted by molar-refractivity contribution is -0.141. The Morgan fingerprint density at radius 3 is 2.21 bits per heavy atom. The minimum absolute atomic E-state index is 0.0566. The number of carbonyl (C=O) groups excluding carboxylic acids is 2.